The maximum Gasteiger partial charge on any atom is 0.276 e. The molecule has 0 saturated carbocycles. The highest BCUT2D eigenvalue weighted by molar-refractivity contribution is 9.09. The zero-order chi connectivity index (χ0) is 10.7. The third-order valence-corrected chi connectivity index (χ3v) is 3.60. The second-order valence-electron chi connectivity index (χ2n) is 3.80. The van der Waals surface area contributed by atoms with E-state index in [0.717, 1.165) is 24.8 Å². The predicted octanol–water partition coefficient (Wildman–Crippen LogP) is 1.92. The Hall–Kier alpha value is -0.840. The van der Waals surface area contributed by atoms with Crippen LogP contribution in [0.1, 0.15) is 23.3 Å². The van der Waals surface area contributed by atoms with Crippen LogP contribution >= 0.6 is 15.9 Å². The van der Waals surface area contributed by atoms with Crippen molar-refractivity contribution < 1.29 is 9.32 Å². The van der Waals surface area contributed by atoms with Crippen LogP contribution in [0.25, 0.3) is 0 Å². The molecule has 1 aromatic rings. The molecular formula is C10H13BrN2O2. The van der Waals surface area contributed by atoms with Crippen LogP contribution in [0.5, 0.6) is 0 Å². The molecule has 1 fully saturated rings. The molecule has 0 radical (unpaired) electrons. The lowest BCUT2D eigenvalue weighted by Gasteiger charge is -2.31. The molecule has 5 heteroatoms. The summed E-state index contributed by atoms with van der Waals surface area (Å²) in [4.78, 5) is 13.8. The summed E-state index contributed by atoms with van der Waals surface area (Å²) in [7, 11) is 0. The van der Waals surface area contributed by atoms with E-state index in [1.54, 1.807) is 6.07 Å². The Balaban J connectivity index is 2.01. The molecule has 0 aliphatic carbocycles. The molecule has 1 saturated heterocycles. The van der Waals surface area contributed by atoms with Crippen molar-refractivity contribution in [2.75, 3.05) is 18.4 Å². The number of alkyl halides is 1. The first-order valence-electron chi connectivity index (χ1n) is 5.07. The highest BCUT2D eigenvalue weighted by Crippen LogP contribution is 2.19. The first kappa shape index (κ1) is 10.7. The lowest BCUT2D eigenvalue weighted by molar-refractivity contribution is 0.0675. The van der Waals surface area contributed by atoms with Crippen molar-refractivity contribution in [3.63, 3.8) is 0 Å². The maximum atomic E-state index is 11.9. The highest BCUT2D eigenvalue weighted by Gasteiger charge is 2.24. The molecule has 1 atom stereocenters. The minimum absolute atomic E-state index is 0.0191. The molecule has 2 rings (SSSR count). The second kappa shape index (κ2) is 4.79. The number of aromatic nitrogens is 1. The fourth-order valence-electron chi connectivity index (χ4n) is 1.86. The number of carbonyl (C=O) groups excluding carboxylic acids is 1. The number of carbonyl (C=O) groups is 1. The average molecular weight is 273 g/mol. The van der Waals surface area contributed by atoms with E-state index in [-0.39, 0.29) is 5.91 Å². The Labute approximate surface area is 96.7 Å². The van der Waals surface area contributed by atoms with Crippen molar-refractivity contribution in [2.45, 2.75) is 12.8 Å². The molecule has 15 heavy (non-hydrogen) atoms. The van der Waals surface area contributed by atoms with Crippen molar-refractivity contribution in [1.29, 1.82) is 0 Å². The van der Waals surface area contributed by atoms with Crippen LogP contribution in [0, 0.1) is 5.92 Å². The lowest BCUT2D eigenvalue weighted by atomic mass is 10.00. The van der Waals surface area contributed by atoms with E-state index in [1.165, 1.54) is 12.7 Å². The molecule has 4 nitrogen and oxygen atoms in total. The molecule has 0 aromatic carbocycles. The van der Waals surface area contributed by atoms with Gasteiger partial charge in [0.2, 0.25) is 0 Å². The van der Waals surface area contributed by atoms with Gasteiger partial charge in [0.05, 0.1) is 0 Å². The van der Waals surface area contributed by atoms with Crippen LogP contribution in [-0.2, 0) is 0 Å². The fraction of sp³-hybridized carbons (Fsp3) is 0.600. The molecule has 0 bridgehead atoms. The van der Waals surface area contributed by atoms with Gasteiger partial charge in [-0.2, -0.15) is 0 Å². The van der Waals surface area contributed by atoms with E-state index in [4.69, 9.17) is 0 Å². The number of amides is 1. The zero-order valence-electron chi connectivity index (χ0n) is 8.36. The van der Waals surface area contributed by atoms with E-state index in [2.05, 4.69) is 25.6 Å². The van der Waals surface area contributed by atoms with Crippen molar-refractivity contribution in [2.24, 2.45) is 5.92 Å². The summed E-state index contributed by atoms with van der Waals surface area (Å²) in [6.07, 6.45) is 3.69. The van der Waals surface area contributed by atoms with E-state index in [1.807, 2.05) is 4.90 Å². The number of hydrogen-bond acceptors (Lipinski definition) is 3. The topological polar surface area (TPSA) is 46.3 Å². The van der Waals surface area contributed by atoms with Gasteiger partial charge < -0.3 is 9.42 Å². The molecule has 0 N–H and O–H groups in total. The molecule has 1 unspecified atom stereocenters. The van der Waals surface area contributed by atoms with Gasteiger partial charge in [0, 0.05) is 24.5 Å². The largest absolute Gasteiger partial charge is 0.364 e. The van der Waals surface area contributed by atoms with Crippen molar-refractivity contribution in [3.05, 3.63) is 18.0 Å². The van der Waals surface area contributed by atoms with Crippen LogP contribution in [0.15, 0.2) is 16.9 Å². The Kier molecular flexibility index (Phi) is 3.41. The van der Waals surface area contributed by atoms with Crippen molar-refractivity contribution in [1.82, 2.24) is 10.1 Å². The van der Waals surface area contributed by atoms with Gasteiger partial charge in [-0.25, -0.2) is 0 Å². The minimum Gasteiger partial charge on any atom is -0.364 e. The predicted molar refractivity (Wildman–Crippen MR) is 58.9 cm³/mol. The van der Waals surface area contributed by atoms with Gasteiger partial charge in [-0.05, 0) is 18.8 Å². The van der Waals surface area contributed by atoms with Gasteiger partial charge in [-0.3, -0.25) is 4.79 Å². The number of piperidine rings is 1. The van der Waals surface area contributed by atoms with E-state index in [0.29, 0.717) is 11.6 Å². The summed E-state index contributed by atoms with van der Waals surface area (Å²) in [5.74, 6) is 0.545. The van der Waals surface area contributed by atoms with E-state index >= 15 is 0 Å². The Morgan fingerprint density at radius 1 is 1.73 bits per heavy atom. The van der Waals surface area contributed by atoms with Crippen LogP contribution in [0.2, 0.25) is 0 Å². The third kappa shape index (κ3) is 2.40. The van der Waals surface area contributed by atoms with Crippen molar-refractivity contribution in [3.8, 4) is 0 Å². The SMILES string of the molecule is O=C(c1ccon1)N1CCCC(CBr)C1. The van der Waals surface area contributed by atoms with Gasteiger partial charge in [-0.15, -0.1) is 0 Å². The fourth-order valence-corrected chi connectivity index (χ4v) is 2.39. The molecule has 1 aliphatic heterocycles. The van der Waals surface area contributed by atoms with E-state index in [9.17, 15) is 4.79 Å². The van der Waals surface area contributed by atoms with Crippen molar-refractivity contribution >= 4 is 21.8 Å². The molecule has 1 aromatic heterocycles. The number of halogens is 1. The molecule has 1 aliphatic rings. The summed E-state index contributed by atoms with van der Waals surface area (Å²) >= 11 is 3.46. The lowest BCUT2D eigenvalue weighted by Crippen LogP contribution is -2.40. The standard InChI is InChI=1S/C10H13BrN2O2/c11-6-8-2-1-4-13(7-8)10(14)9-3-5-15-12-9/h3,5,8H,1-2,4,6-7H2. The number of likely N-dealkylation sites (tertiary alicyclic amines) is 1. The van der Waals surface area contributed by atoms with Crippen LogP contribution in [0.4, 0.5) is 0 Å². The number of rotatable bonds is 2. The quantitative estimate of drug-likeness (QED) is 0.773. The summed E-state index contributed by atoms with van der Waals surface area (Å²) in [5, 5.41) is 4.62. The molecular weight excluding hydrogens is 260 g/mol. The maximum absolute atomic E-state index is 11.9. The number of hydrogen-bond donors (Lipinski definition) is 0. The molecule has 82 valence electrons. The summed E-state index contributed by atoms with van der Waals surface area (Å²) in [5.41, 5.74) is 0.408. The Morgan fingerprint density at radius 2 is 2.60 bits per heavy atom. The smallest absolute Gasteiger partial charge is 0.276 e. The molecule has 1 amide bonds. The van der Waals surface area contributed by atoms with Crippen LogP contribution < -0.4 is 0 Å². The second-order valence-corrected chi connectivity index (χ2v) is 4.45. The summed E-state index contributed by atoms with van der Waals surface area (Å²) < 4.78 is 4.67. The Bertz CT molecular complexity index is 326. The van der Waals surface area contributed by atoms with Gasteiger partial charge in [0.15, 0.2) is 5.69 Å². The Morgan fingerprint density at radius 3 is 3.27 bits per heavy atom. The van der Waals surface area contributed by atoms with Crippen LogP contribution in [-0.4, -0.2) is 34.4 Å². The minimum atomic E-state index is -0.0191. The van der Waals surface area contributed by atoms with Gasteiger partial charge in [0.25, 0.3) is 5.91 Å². The van der Waals surface area contributed by atoms with E-state index < -0.39 is 0 Å². The normalized spacial score (nSPS) is 21.7. The molecule has 0 spiro atoms. The van der Waals surface area contributed by atoms with Gasteiger partial charge in [0.1, 0.15) is 6.26 Å². The average Bonchev–Trinajstić information content (AvgIpc) is 2.81. The monoisotopic (exact) mass is 272 g/mol. The van der Waals surface area contributed by atoms with Crippen LogP contribution in [0.3, 0.4) is 0 Å². The number of nitrogens with zero attached hydrogens (tertiary/aromatic N) is 2. The zero-order valence-corrected chi connectivity index (χ0v) is 9.94. The highest BCUT2D eigenvalue weighted by atomic mass is 79.9. The first-order chi connectivity index (χ1) is 7.31. The van der Waals surface area contributed by atoms with Gasteiger partial charge in [-0.1, -0.05) is 21.1 Å². The first-order valence-corrected chi connectivity index (χ1v) is 6.19. The summed E-state index contributed by atoms with van der Waals surface area (Å²) in [6.45, 7) is 1.64. The molecule has 2 heterocycles. The summed E-state index contributed by atoms with van der Waals surface area (Å²) in [6, 6.07) is 1.61. The van der Waals surface area contributed by atoms with Gasteiger partial charge >= 0.3 is 0 Å². The third-order valence-electron chi connectivity index (χ3n) is 2.68.